The lowest BCUT2D eigenvalue weighted by atomic mass is 9.99. The lowest BCUT2D eigenvalue weighted by molar-refractivity contribution is 0.102. The van der Waals surface area contributed by atoms with Crippen LogP contribution in [0.5, 0.6) is 0 Å². The van der Waals surface area contributed by atoms with Gasteiger partial charge in [-0.15, -0.1) is 0 Å². The molecule has 0 aliphatic carbocycles. The maximum absolute atomic E-state index is 15.2. The molecule has 3 aromatic rings. The van der Waals surface area contributed by atoms with Crippen molar-refractivity contribution in [2.45, 2.75) is 18.9 Å². The van der Waals surface area contributed by atoms with Crippen LogP contribution in [-0.4, -0.2) is 30.0 Å². The number of hydrogen-bond acceptors (Lipinski definition) is 4. The predicted octanol–water partition coefficient (Wildman–Crippen LogP) is 4.48. The molecule has 0 unspecified atom stereocenters. The molecule has 4 rings (SSSR count). The highest BCUT2D eigenvalue weighted by atomic mass is 19.1. The van der Waals surface area contributed by atoms with Gasteiger partial charge in [0.1, 0.15) is 23.3 Å². The second-order valence-electron chi connectivity index (χ2n) is 7.58. The molecular weight excluding hydrogens is 424 g/mol. The van der Waals surface area contributed by atoms with Crippen LogP contribution in [0, 0.1) is 23.3 Å². The number of piperidine rings is 1. The molecule has 5 nitrogen and oxygen atoms in total. The number of anilines is 2. The summed E-state index contributed by atoms with van der Waals surface area (Å²) in [4.78, 5) is 18.9. The molecule has 0 radical (unpaired) electrons. The van der Waals surface area contributed by atoms with Crippen molar-refractivity contribution in [2.24, 2.45) is 5.73 Å². The molecule has 3 N–H and O–H groups in total. The number of carbonyl (C=O) groups is 1. The molecule has 1 aliphatic heterocycles. The molecule has 0 spiro atoms. The van der Waals surface area contributed by atoms with Gasteiger partial charge < -0.3 is 16.0 Å². The summed E-state index contributed by atoms with van der Waals surface area (Å²) in [5.41, 5.74) is 4.64. The third-order valence-electron chi connectivity index (χ3n) is 5.39. The molecule has 2 heterocycles. The fraction of sp³-hybridized carbons (Fsp3) is 0.217. The average Bonchev–Trinajstić information content (AvgIpc) is 2.76. The van der Waals surface area contributed by atoms with Crippen molar-refractivity contribution in [2.75, 3.05) is 23.3 Å². The van der Waals surface area contributed by atoms with E-state index in [-0.39, 0.29) is 6.04 Å². The zero-order valence-electron chi connectivity index (χ0n) is 16.9. The van der Waals surface area contributed by atoms with Crippen LogP contribution < -0.4 is 16.0 Å². The van der Waals surface area contributed by atoms with E-state index >= 15 is 4.39 Å². The second kappa shape index (κ2) is 8.96. The van der Waals surface area contributed by atoms with Crippen molar-refractivity contribution in [3.8, 4) is 11.1 Å². The lowest BCUT2D eigenvalue weighted by Crippen LogP contribution is -2.43. The molecule has 2 aromatic carbocycles. The zero-order valence-corrected chi connectivity index (χ0v) is 16.9. The first-order chi connectivity index (χ1) is 15.4. The van der Waals surface area contributed by atoms with E-state index in [2.05, 4.69) is 10.3 Å². The van der Waals surface area contributed by atoms with Crippen LogP contribution in [0.25, 0.3) is 11.1 Å². The van der Waals surface area contributed by atoms with Crippen molar-refractivity contribution in [1.82, 2.24) is 4.98 Å². The van der Waals surface area contributed by atoms with Gasteiger partial charge in [0.05, 0.1) is 34.3 Å². The maximum atomic E-state index is 15.2. The van der Waals surface area contributed by atoms with E-state index in [1.54, 1.807) is 12.3 Å². The quantitative estimate of drug-likeness (QED) is 0.582. The van der Waals surface area contributed by atoms with Crippen molar-refractivity contribution < 1.29 is 22.4 Å². The molecule has 1 aromatic heterocycles. The van der Waals surface area contributed by atoms with Crippen molar-refractivity contribution in [3.05, 3.63) is 77.6 Å². The minimum atomic E-state index is -1.36. The SMILES string of the molecule is N[C@H]1CCCN(c2ccncc2NC(=O)c2ccc(F)c(-c3c(F)cccc3F)c2F)C1. The van der Waals surface area contributed by atoms with Gasteiger partial charge in [0, 0.05) is 25.3 Å². The summed E-state index contributed by atoms with van der Waals surface area (Å²) in [6.45, 7) is 1.30. The maximum Gasteiger partial charge on any atom is 0.258 e. The number of hydrogen-bond donors (Lipinski definition) is 2. The number of carbonyl (C=O) groups excluding carboxylic acids is 1. The average molecular weight is 444 g/mol. The van der Waals surface area contributed by atoms with E-state index in [1.165, 1.54) is 6.20 Å². The van der Waals surface area contributed by atoms with Crippen LogP contribution in [0.4, 0.5) is 28.9 Å². The molecular formula is C23H20F4N4O. The summed E-state index contributed by atoms with van der Waals surface area (Å²) in [5, 5.41) is 2.57. The summed E-state index contributed by atoms with van der Waals surface area (Å²) < 4.78 is 57.9. The Balaban J connectivity index is 1.69. The van der Waals surface area contributed by atoms with E-state index in [4.69, 9.17) is 5.73 Å². The first kappa shape index (κ1) is 21.8. The topological polar surface area (TPSA) is 71.2 Å². The first-order valence-corrected chi connectivity index (χ1v) is 10.0. The van der Waals surface area contributed by atoms with E-state index in [0.717, 1.165) is 49.7 Å². The Morgan fingerprint density at radius 2 is 1.75 bits per heavy atom. The summed E-state index contributed by atoms with van der Waals surface area (Å²) in [5.74, 6) is -5.74. The van der Waals surface area contributed by atoms with Gasteiger partial charge >= 0.3 is 0 Å². The Morgan fingerprint density at radius 3 is 2.47 bits per heavy atom. The lowest BCUT2D eigenvalue weighted by Gasteiger charge is -2.33. The molecule has 1 aliphatic rings. The predicted molar refractivity (Wildman–Crippen MR) is 113 cm³/mol. The monoisotopic (exact) mass is 444 g/mol. The van der Waals surface area contributed by atoms with Crippen LogP contribution in [0.3, 0.4) is 0 Å². The fourth-order valence-electron chi connectivity index (χ4n) is 3.87. The van der Waals surface area contributed by atoms with Crippen molar-refractivity contribution in [3.63, 3.8) is 0 Å². The summed E-state index contributed by atoms with van der Waals surface area (Å²) in [6.07, 6.45) is 4.73. The van der Waals surface area contributed by atoms with Gasteiger partial charge in [-0.05, 0) is 43.2 Å². The minimum absolute atomic E-state index is 0.0202. The zero-order chi connectivity index (χ0) is 22.8. The Morgan fingerprint density at radius 1 is 1.03 bits per heavy atom. The molecule has 1 atom stereocenters. The summed E-state index contributed by atoms with van der Waals surface area (Å²) in [7, 11) is 0. The number of aromatic nitrogens is 1. The highest BCUT2D eigenvalue weighted by Gasteiger charge is 2.26. The number of amides is 1. The van der Waals surface area contributed by atoms with E-state index in [9.17, 15) is 18.0 Å². The number of nitrogens with one attached hydrogen (secondary N) is 1. The van der Waals surface area contributed by atoms with Crippen molar-refractivity contribution >= 4 is 17.3 Å². The van der Waals surface area contributed by atoms with Gasteiger partial charge in [-0.2, -0.15) is 0 Å². The Hall–Kier alpha value is -3.46. The molecule has 0 bridgehead atoms. The van der Waals surface area contributed by atoms with Gasteiger partial charge in [-0.25, -0.2) is 17.6 Å². The van der Waals surface area contributed by atoms with Gasteiger partial charge in [-0.3, -0.25) is 9.78 Å². The highest BCUT2D eigenvalue weighted by molar-refractivity contribution is 6.06. The molecule has 1 amide bonds. The summed E-state index contributed by atoms with van der Waals surface area (Å²) in [6, 6.07) is 6.26. The van der Waals surface area contributed by atoms with Crippen LogP contribution in [0.15, 0.2) is 48.8 Å². The number of benzene rings is 2. The van der Waals surface area contributed by atoms with Crippen LogP contribution in [0.2, 0.25) is 0 Å². The van der Waals surface area contributed by atoms with Gasteiger partial charge in [0.2, 0.25) is 0 Å². The normalized spacial score (nSPS) is 16.2. The molecule has 9 heteroatoms. The molecule has 166 valence electrons. The fourth-order valence-corrected chi connectivity index (χ4v) is 3.87. The Bertz CT molecular complexity index is 1150. The summed E-state index contributed by atoms with van der Waals surface area (Å²) >= 11 is 0. The molecule has 0 saturated carbocycles. The van der Waals surface area contributed by atoms with E-state index in [0.29, 0.717) is 17.9 Å². The third kappa shape index (κ3) is 4.16. The Labute approximate surface area is 181 Å². The van der Waals surface area contributed by atoms with Crippen LogP contribution in [0.1, 0.15) is 23.2 Å². The minimum Gasteiger partial charge on any atom is -0.368 e. The Kier molecular flexibility index (Phi) is 6.09. The molecule has 32 heavy (non-hydrogen) atoms. The largest absolute Gasteiger partial charge is 0.368 e. The van der Waals surface area contributed by atoms with Crippen molar-refractivity contribution in [1.29, 1.82) is 0 Å². The third-order valence-corrected chi connectivity index (χ3v) is 5.39. The number of rotatable bonds is 4. The van der Waals surface area contributed by atoms with Gasteiger partial charge in [0.25, 0.3) is 5.91 Å². The first-order valence-electron chi connectivity index (χ1n) is 10.0. The number of pyridine rings is 1. The highest BCUT2D eigenvalue weighted by Crippen LogP contribution is 2.33. The van der Waals surface area contributed by atoms with Gasteiger partial charge in [-0.1, -0.05) is 6.07 Å². The molecule has 1 saturated heterocycles. The van der Waals surface area contributed by atoms with Crippen LogP contribution in [-0.2, 0) is 0 Å². The standard InChI is InChI=1S/C23H20F4N4O/c24-15-4-1-5-16(25)20(15)21-17(26)7-6-14(22(21)27)23(32)30-18-11-29-9-8-19(18)31-10-2-3-13(28)12-31/h1,4-9,11,13H,2-3,10,12,28H2,(H,30,32)/t13-/m0/s1. The number of nitrogens with zero attached hydrogens (tertiary/aromatic N) is 2. The van der Waals surface area contributed by atoms with E-state index in [1.807, 2.05) is 4.90 Å². The molecule has 1 fully saturated rings. The number of nitrogens with two attached hydrogens (primary N) is 1. The van der Waals surface area contributed by atoms with Gasteiger partial charge in [0.15, 0.2) is 0 Å². The number of halogens is 4. The van der Waals surface area contributed by atoms with E-state index < -0.39 is 45.9 Å². The second-order valence-corrected chi connectivity index (χ2v) is 7.58. The van der Waals surface area contributed by atoms with Crippen LogP contribution >= 0.6 is 0 Å². The smallest absolute Gasteiger partial charge is 0.258 e.